The van der Waals surface area contributed by atoms with Gasteiger partial charge in [-0.2, -0.15) is 18.3 Å². The molecular weight excluding hydrogens is 529 g/mol. The first kappa shape index (κ1) is 26.7. The van der Waals surface area contributed by atoms with E-state index in [-0.39, 0.29) is 46.4 Å². The smallest absolute Gasteiger partial charge is 0.350 e. The van der Waals surface area contributed by atoms with Crippen LogP contribution in [-0.2, 0) is 6.18 Å². The zero-order chi connectivity index (χ0) is 27.3. The van der Waals surface area contributed by atoms with Crippen LogP contribution in [0.1, 0.15) is 16.1 Å². The maximum absolute atomic E-state index is 13.3. The van der Waals surface area contributed by atoms with Crippen molar-refractivity contribution < 1.29 is 22.8 Å². The van der Waals surface area contributed by atoms with Gasteiger partial charge in [0.15, 0.2) is 17.2 Å². The lowest BCUT2D eigenvalue weighted by Gasteiger charge is -2.11. The summed E-state index contributed by atoms with van der Waals surface area (Å²) in [6.07, 6.45) is 0.679. The monoisotopic (exact) mass is 550 g/mol. The van der Waals surface area contributed by atoms with E-state index < -0.39 is 23.8 Å². The first-order valence-electron chi connectivity index (χ1n) is 11.2. The number of urea groups is 1. The molecule has 0 aliphatic rings. The average molecular weight is 551 g/mol. The highest BCUT2D eigenvalue weighted by atomic mass is 35.5. The van der Waals surface area contributed by atoms with Gasteiger partial charge < -0.3 is 27.0 Å². The Kier molecular flexibility index (Phi) is 7.97. The Morgan fingerprint density at radius 2 is 1.87 bits per heavy atom. The highest BCUT2D eigenvalue weighted by Crippen LogP contribution is 2.36. The summed E-state index contributed by atoms with van der Waals surface area (Å²) >= 11 is 6.31. The van der Waals surface area contributed by atoms with Crippen LogP contribution in [0.2, 0.25) is 5.02 Å². The molecule has 4 rings (SSSR count). The Hall–Kier alpha value is -4.37. The van der Waals surface area contributed by atoms with Gasteiger partial charge in [0, 0.05) is 50.5 Å². The molecule has 0 saturated heterocycles. The average Bonchev–Trinajstić information content (AvgIpc) is 3.53. The number of nitrogens with one attached hydrogen (secondary N) is 5. The van der Waals surface area contributed by atoms with Crippen molar-refractivity contribution >= 4 is 40.7 Å². The van der Waals surface area contributed by atoms with Gasteiger partial charge in [-0.05, 0) is 18.2 Å². The van der Waals surface area contributed by atoms with Crippen molar-refractivity contribution in [3.8, 4) is 11.3 Å². The van der Waals surface area contributed by atoms with Crippen molar-refractivity contribution in [1.82, 2.24) is 40.5 Å². The quantitative estimate of drug-likeness (QED) is 0.174. The van der Waals surface area contributed by atoms with Gasteiger partial charge in [-0.1, -0.05) is 11.6 Å². The second-order valence-electron chi connectivity index (χ2n) is 7.81. The second kappa shape index (κ2) is 11.4. The summed E-state index contributed by atoms with van der Waals surface area (Å²) < 4.78 is 41.4. The molecule has 3 amide bonds. The number of H-pyrrole nitrogens is 1. The standard InChI is InChI=1S/C22H22ClF3N10O2/c23-15-9-12(1-2-13(15)20(37)29-5-6-31-21(38)30-4-3-27)34-18-19-32-11-16(36(19)8-7-28-18)14-10-33-35-17(14)22(24,25)26/h1-2,7-11H,3-6,27H2,(H,28,34)(H,29,37)(H,33,35)(H2,30,31,38). The number of halogens is 4. The molecular formula is C22H22ClF3N10O2. The van der Waals surface area contributed by atoms with Gasteiger partial charge >= 0.3 is 12.2 Å². The lowest BCUT2D eigenvalue weighted by molar-refractivity contribution is -0.140. The molecule has 1 aromatic carbocycles. The number of aromatic amines is 1. The van der Waals surface area contributed by atoms with E-state index in [0.717, 1.165) is 6.20 Å². The van der Waals surface area contributed by atoms with Gasteiger partial charge in [0.05, 0.1) is 28.0 Å². The van der Waals surface area contributed by atoms with E-state index in [9.17, 15) is 22.8 Å². The minimum atomic E-state index is -4.64. The number of nitrogens with zero attached hydrogens (tertiary/aromatic N) is 4. The van der Waals surface area contributed by atoms with E-state index in [0.29, 0.717) is 18.8 Å². The molecule has 38 heavy (non-hydrogen) atoms. The lowest BCUT2D eigenvalue weighted by atomic mass is 10.2. The van der Waals surface area contributed by atoms with E-state index >= 15 is 0 Å². The SMILES string of the molecule is NCCNC(=O)NCCNC(=O)c1ccc(Nc2nccn3c(-c4c[nH]nc4C(F)(F)F)cnc23)cc1Cl. The molecule has 200 valence electrons. The Labute approximate surface area is 218 Å². The van der Waals surface area contributed by atoms with Crippen LogP contribution in [0.3, 0.4) is 0 Å². The third kappa shape index (κ3) is 5.95. The minimum absolute atomic E-state index is 0.144. The van der Waals surface area contributed by atoms with Gasteiger partial charge in [0.25, 0.3) is 5.91 Å². The van der Waals surface area contributed by atoms with E-state index in [1.165, 1.54) is 35.1 Å². The number of amides is 3. The molecule has 0 bridgehead atoms. The molecule has 16 heteroatoms. The fourth-order valence-corrected chi connectivity index (χ4v) is 3.78. The maximum Gasteiger partial charge on any atom is 0.435 e. The van der Waals surface area contributed by atoms with E-state index in [1.54, 1.807) is 6.07 Å². The number of carbonyl (C=O) groups excluding carboxylic acids is 2. The van der Waals surface area contributed by atoms with Crippen molar-refractivity contribution in [2.75, 3.05) is 31.5 Å². The molecule has 0 spiro atoms. The zero-order valence-corrected chi connectivity index (χ0v) is 20.3. The van der Waals surface area contributed by atoms with Crippen molar-refractivity contribution in [3.05, 3.63) is 59.3 Å². The maximum atomic E-state index is 13.3. The highest BCUT2D eigenvalue weighted by molar-refractivity contribution is 6.34. The number of hydrogen-bond donors (Lipinski definition) is 6. The lowest BCUT2D eigenvalue weighted by Crippen LogP contribution is -2.41. The molecule has 0 aliphatic heterocycles. The topological polar surface area (TPSA) is 167 Å². The number of fused-ring (bicyclic) bond motifs is 1. The van der Waals surface area contributed by atoms with Crippen molar-refractivity contribution in [2.24, 2.45) is 5.73 Å². The summed E-state index contributed by atoms with van der Waals surface area (Å²) in [6.45, 7) is 1.02. The van der Waals surface area contributed by atoms with Crippen LogP contribution in [0.15, 0.2) is 43.0 Å². The summed E-state index contributed by atoms with van der Waals surface area (Å²) in [5.41, 5.74) is 5.19. The van der Waals surface area contributed by atoms with Crippen LogP contribution in [0.5, 0.6) is 0 Å². The minimum Gasteiger partial charge on any atom is -0.350 e. The molecule has 0 radical (unpaired) electrons. The summed E-state index contributed by atoms with van der Waals surface area (Å²) in [5.74, 6) is -0.188. The Morgan fingerprint density at radius 3 is 2.61 bits per heavy atom. The number of benzene rings is 1. The number of hydrogen-bond acceptors (Lipinski definition) is 7. The van der Waals surface area contributed by atoms with Gasteiger partial charge in [-0.3, -0.25) is 14.3 Å². The Balaban J connectivity index is 1.45. The molecule has 7 N–H and O–H groups in total. The summed E-state index contributed by atoms with van der Waals surface area (Å²) in [7, 11) is 0. The van der Waals surface area contributed by atoms with Gasteiger partial charge in [0.2, 0.25) is 0 Å². The van der Waals surface area contributed by atoms with Crippen LogP contribution in [0.25, 0.3) is 16.9 Å². The van der Waals surface area contributed by atoms with Crippen LogP contribution < -0.4 is 27.0 Å². The fraction of sp³-hybridized carbons (Fsp3) is 0.227. The first-order chi connectivity index (χ1) is 18.2. The first-order valence-corrected chi connectivity index (χ1v) is 11.6. The molecule has 0 saturated carbocycles. The summed E-state index contributed by atoms with van der Waals surface area (Å²) in [4.78, 5) is 32.4. The van der Waals surface area contributed by atoms with Crippen molar-refractivity contribution in [3.63, 3.8) is 0 Å². The molecule has 0 atom stereocenters. The van der Waals surface area contributed by atoms with Crippen LogP contribution in [0.4, 0.5) is 29.5 Å². The van der Waals surface area contributed by atoms with Gasteiger partial charge in [-0.15, -0.1) is 0 Å². The molecule has 0 unspecified atom stereocenters. The molecule has 4 aromatic rings. The number of nitrogens with two attached hydrogens (primary N) is 1. The van der Waals surface area contributed by atoms with Gasteiger partial charge in [0.1, 0.15) is 0 Å². The van der Waals surface area contributed by atoms with E-state index in [2.05, 4.69) is 41.4 Å². The number of alkyl halides is 3. The zero-order valence-electron chi connectivity index (χ0n) is 19.6. The normalized spacial score (nSPS) is 11.4. The summed E-state index contributed by atoms with van der Waals surface area (Å²) in [6, 6.07) is 4.20. The van der Waals surface area contributed by atoms with Crippen LogP contribution in [-0.4, -0.2) is 62.7 Å². The molecule has 3 heterocycles. The van der Waals surface area contributed by atoms with Crippen LogP contribution >= 0.6 is 11.6 Å². The van der Waals surface area contributed by atoms with E-state index in [1.807, 2.05) is 0 Å². The third-order valence-electron chi connectivity index (χ3n) is 5.22. The third-order valence-corrected chi connectivity index (χ3v) is 5.53. The number of imidazole rings is 1. The largest absolute Gasteiger partial charge is 0.435 e. The number of carbonyl (C=O) groups is 2. The predicted molar refractivity (Wildman–Crippen MR) is 133 cm³/mol. The molecule has 0 fully saturated rings. The Bertz CT molecular complexity index is 1450. The summed E-state index contributed by atoms with van der Waals surface area (Å²) in [5, 5.41) is 16.5. The Morgan fingerprint density at radius 1 is 1.11 bits per heavy atom. The molecule has 3 aromatic heterocycles. The van der Waals surface area contributed by atoms with E-state index in [4.69, 9.17) is 17.3 Å². The number of aromatic nitrogens is 5. The van der Waals surface area contributed by atoms with Crippen LogP contribution in [0, 0.1) is 0 Å². The van der Waals surface area contributed by atoms with Gasteiger partial charge in [-0.25, -0.2) is 14.8 Å². The number of rotatable bonds is 9. The number of anilines is 2. The second-order valence-corrected chi connectivity index (χ2v) is 8.21. The molecule has 12 nitrogen and oxygen atoms in total. The van der Waals surface area contributed by atoms with Crippen molar-refractivity contribution in [1.29, 1.82) is 0 Å². The van der Waals surface area contributed by atoms with Crippen molar-refractivity contribution in [2.45, 2.75) is 6.18 Å². The highest BCUT2D eigenvalue weighted by Gasteiger charge is 2.37. The fourth-order valence-electron chi connectivity index (χ4n) is 3.52. The molecule has 0 aliphatic carbocycles. The predicted octanol–water partition coefficient (Wildman–Crippen LogP) is 2.52.